The molecule has 0 fully saturated rings. The van der Waals surface area contributed by atoms with Crippen LogP contribution in [0.4, 0.5) is 0 Å². The number of hydrogen-bond donors (Lipinski definition) is 4. The van der Waals surface area contributed by atoms with Gasteiger partial charge in [-0.25, -0.2) is 19.2 Å². The van der Waals surface area contributed by atoms with Crippen LogP contribution in [0.3, 0.4) is 0 Å². The van der Waals surface area contributed by atoms with Crippen molar-refractivity contribution in [2.45, 2.75) is 40.5 Å². The minimum atomic E-state index is -1.19. The highest BCUT2D eigenvalue weighted by atomic mass is 16.4. The molecule has 0 atom stereocenters. The van der Waals surface area contributed by atoms with E-state index in [0.717, 1.165) is 0 Å². The van der Waals surface area contributed by atoms with Gasteiger partial charge >= 0.3 is 23.9 Å². The van der Waals surface area contributed by atoms with Crippen LogP contribution in [0.2, 0.25) is 0 Å². The van der Waals surface area contributed by atoms with Crippen molar-refractivity contribution in [3.05, 3.63) is 22.3 Å². The summed E-state index contributed by atoms with van der Waals surface area (Å²) in [4.78, 5) is 41.3. The Morgan fingerprint density at radius 3 is 0.909 bits per heavy atom. The minimum Gasteiger partial charge on any atom is -0.478 e. The maximum absolute atomic E-state index is 10.5. The van der Waals surface area contributed by atoms with Crippen molar-refractivity contribution in [3.8, 4) is 0 Å². The van der Waals surface area contributed by atoms with Gasteiger partial charge in [0.2, 0.25) is 0 Å². The largest absolute Gasteiger partial charge is 0.478 e. The van der Waals surface area contributed by atoms with E-state index in [4.69, 9.17) is 20.4 Å². The van der Waals surface area contributed by atoms with Gasteiger partial charge in [-0.2, -0.15) is 0 Å². The van der Waals surface area contributed by atoms with E-state index in [-0.39, 0.29) is 35.1 Å². The number of hydrogen-bond acceptors (Lipinski definition) is 4. The molecule has 0 aliphatic heterocycles. The van der Waals surface area contributed by atoms with Crippen LogP contribution in [0, 0.1) is 0 Å². The summed E-state index contributed by atoms with van der Waals surface area (Å²) < 4.78 is 0. The Kier molecular flexibility index (Phi) is 9.98. The first-order chi connectivity index (χ1) is 10.0. The summed E-state index contributed by atoms with van der Waals surface area (Å²) in [7, 11) is 0. The van der Waals surface area contributed by atoms with Gasteiger partial charge in [0.25, 0.3) is 0 Å². The summed E-state index contributed by atoms with van der Waals surface area (Å²) in [6, 6.07) is 0. The van der Waals surface area contributed by atoms with Crippen LogP contribution in [0.1, 0.15) is 40.5 Å². The van der Waals surface area contributed by atoms with E-state index in [2.05, 4.69) is 0 Å². The molecule has 0 aromatic carbocycles. The normalized spacial score (nSPS) is 12.2. The van der Waals surface area contributed by atoms with Gasteiger partial charge in [-0.05, 0) is 26.7 Å². The lowest BCUT2D eigenvalue weighted by Gasteiger charge is -2.03. The quantitative estimate of drug-likeness (QED) is 0.541. The number of aliphatic carboxylic acids is 4. The van der Waals surface area contributed by atoms with Crippen LogP contribution in [0.25, 0.3) is 0 Å². The Labute approximate surface area is 127 Å². The van der Waals surface area contributed by atoms with Crippen molar-refractivity contribution in [1.29, 1.82) is 0 Å². The molecule has 124 valence electrons. The van der Waals surface area contributed by atoms with Crippen molar-refractivity contribution in [3.63, 3.8) is 0 Å². The van der Waals surface area contributed by atoms with Gasteiger partial charge in [-0.15, -0.1) is 0 Å². The molecule has 0 bridgehead atoms. The third-order valence-corrected chi connectivity index (χ3v) is 2.79. The molecule has 0 rings (SSSR count). The Morgan fingerprint density at radius 1 is 0.591 bits per heavy atom. The van der Waals surface area contributed by atoms with Crippen LogP contribution in [0.15, 0.2) is 22.3 Å². The van der Waals surface area contributed by atoms with E-state index in [1.807, 2.05) is 0 Å². The van der Waals surface area contributed by atoms with E-state index >= 15 is 0 Å². The molecule has 0 spiro atoms. The number of carbonyl (C=O) groups is 4. The lowest BCUT2D eigenvalue weighted by atomic mass is 10.0. The second kappa shape index (κ2) is 10.1. The molecule has 0 heterocycles. The Bertz CT molecular complexity index is 479. The van der Waals surface area contributed by atoms with Crippen LogP contribution in [-0.2, 0) is 19.2 Å². The van der Waals surface area contributed by atoms with Gasteiger partial charge in [-0.1, -0.05) is 13.8 Å². The first kappa shape index (κ1) is 21.7. The molecule has 0 radical (unpaired) electrons. The zero-order chi connectivity index (χ0) is 18.0. The van der Waals surface area contributed by atoms with E-state index in [0.29, 0.717) is 0 Å². The predicted molar refractivity (Wildman–Crippen MR) is 76.5 cm³/mol. The smallest absolute Gasteiger partial charge is 0.332 e. The third kappa shape index (κ3) is 7.22. The molecule has 4 N–H and O–H groups in total. The molecule has 8 nitrogen and oxygen atoms in total. The molecule has 0 saturated carbocycles. The summed E-state index contributed by atoms with van der Waals surface area (Å²) >= 11 is 0. The minimum absolute atomic E-state index is 0.00926. The van der Waals surface area contributed by atoms with Crippen molar-refractivity contribution in [2.75, 3.05) is 0 Å². The van der Waals surface area contributed by atoms with Gasteiger partial charge in [0.05, 0.1) is 0 Å². The zero-order valence-corrected chi connectivity index (χ0v) is 12.8. The molecule has 0 saturated heterocycles. The van der Waals surface area contributed by atoms with Gasteiger partial charge in [0.1, 0.15) is 0 Å². The maximum Gasteiger partial charge on any atom is 0.332 e. The monoisotopic (exact) mass is 316 g/mol. The average Bonchev–Trinajstić information content (AvgIpc) is 2.42. The maximum atomic E-state index is 10.5. The highest BCUT2D eigenvalue weighted by Gasteiger charge is 2.16. The van der Waals surface area contributed by atoms with E-state index < -0.39 is 23.9 Å². The van der Waals surface area contributed by atoms with Crippen LogP contribution in [0.5, 0.6) is 0 Å². The van der Waals surface area contributed by atoms with Crippen LogP contribution in [-0.4, -0.2) is 44.3 Å². The van der Waals surface area contributed by atoms with Crippen molar-refractivity contribution >= 4 is 23.9 Å². The highest BCUT2D eigenvalue weighted by molar-refractivity contribution is 5.98. The predicted octanol–water partition coefficient (Wildman–Crippen LogP) is 1.76. The molecule has 0 aromatic heterocycles. The highest BCUT2D eigenvalue weighted by Crippen LogP contribution is 2.12. The van der Waals surface area contributed by atoms with E-state index in [1.165, 1.54) is 13.8 Å². The van der Waals surface area contributed by atoms with Crippen LogP contribution >= 0.6 is 0 Å². The topological polar surface area (TPSA) is 149 Å². The van der Waals surface area contributed by atoms with Gasteiger partial charge in [0, 0.05) is 22.3 Å². The molecular weight excluding hydrogens is 296 g/mol. The summed E-state index contributed by atoms with van der Waals surface area (Å²) in [5, 5.41) is 33.8. The lowest BCUT2D eigenvalue weighted by molar-refractivity contribution is -0.136. The lowest BCUT2D eigenvalue weighted by Crippen LogP contribution is -2.10. The fraction of sp³-hybridized carbons (Fsp3) is 0.429. The first-order valence-electron chi connectivity index (χ1n) is 6.33. The molecule has 22 heavy (non-hydrogen) atoms. The molecule has 0 aliphatic carbocycles. The van der Waals surface area contributed by atoms with Crippen molar-refractivity contribution < 1.29 is 39.6 Å². The van der Waals surface area contributed by atoms with Crippen LogP contribution < -0.4 is 0 Å². The Hall–Kier alpha value is -2.64. The molecule has 0 aromatic rings. The average molecular weight is 316 g/mol. The second-order valence-electron chi connectivity index (χ2n) is 4.13. The molecule has 0 unspecified atom stereocenters. The third-order valence-electron chi connectivity index (χ3n) is 2.79. The summed E-state index contributed by atoms with van der Waals surface area (Å²) in [6.07, 6.45) is 0.482. The summed E-state index contributed by atoms with van der Waals surface area (Å²) in [6.45, 7) is 5.77. The van der Waals surface area contributed by atoms with E-state index in [9.17, 15) is 19.2 Å². The summed E-state index contributed by atoms with van der Waals surface area (Å²) in [5.41, 5.74) is -0.282. The molecule has 0 amide bonds. The number of carboxylic acids is 4. The van der Waals surface area contributed by atoms with E-state index in [1.54, 1.807) is 13.8 Å². The number of carboxylic acid groups (broad SMARTS) is 4. The molecule has 0 aliphatic rings. The second-order valence-corrected chi connectivity index (χ2v) is 4.13. The fourth-order valence-electron chi connectivity index (χ4n) is 1.31. The standard InChI is InChI=1S/C8H12O4.C6H8O4/c1-3-5(7(9)10)6(4-2)8(11)12;1-3(5(7)8)4(2)6(9)10/h3-4H2,1-2H3,(H,9,10)(H,11,12);1-2H3,(H,7,8)(H,9,10)/b6-5-;4-3-. The first-order valence-corrected chi connectivity index (χ1v) is 6.33. The number of rotatable bonds is 6. The Morgan fingerprint density at radius 2 is 0.818 bits per heavy atom. The Balaban J connectivity index is 0. The van der Waals surface area contributed by atoms with Crippen molar-refractivity contribution in [2.24, 2.45) is 0 Å². The van der Waals surface area contributed by atoms with Gasteiger partial charge in [-0.3, -0.25) is 0 Å². The van der Waals surface area contributed by atoms with Gasteiger partial charge < -0.3 is 20.4 Å². The SMILES string of the molecule is C/C(C(=O)O)=C(\C)C(=O)O.CC/C(C(=O)O)=C(\CC)C(=O)O. The van der Waals surface area contributed by atoms with Crippen molar-refractivity contribution in [1.82, 2.24) is 0 Å². The fourth-order valence-corrected chi connectivity index (χ4v) is 1.31. The molecular formula is C14H20O8. The molecule has 8 heteroatoms. The zero-order valence-electron chi connectivity index (χ0n) is 12.8. The van der Waals surface area contributed by atoms with Gasteiger partial charge in [0.15, 0.2) is 0 Å². The summed E-state index contributed by atoms with van der Waals surface area (Å²) in [5.74, 6) is -4.67.